The van der Waals surface area contributed by atoms with E-state index < -0.39 is 0 Å². The second-order valence-corrected chi connectivity index (χ2v) is 1.04. The van der Waals surface area contributed by atoms with Crippen LogP contribution in [0.2, 0.25) is 0 Å². The molecule has 1 amide bonds. The van der Waals surface area contributed by atoms with Crippen LogP contribution in [0.3, 0.4) is 0 Å². The molecule has 2 heteroatoms. The predicted molar refractivity (Wildman–Crippen MR) is 24.0 cm³/mol. The molecule has 0 aromatic rings. The zero-order chi connectivity index (χ0) is 4.99. The molecule has 0 atom stereocenters. The minimum atomic E-state index is 0.600. The van der Waals surface area contributed by atoms with Crippen LogP contribution in [-0.4, -0.2) is 6.41 Å². The smallest absolute Gasteiger partial charge is 0.211 e. The normalized spacial score (nSPS) is 6.83. The Morgan fingerprint density at radius 2 is 2.50 bits per heavy atom. The van der Waals surface area contributed by atoms with Crippen molar-refractivity contribution in [3.8, 4) is 0 Å². The van der Waals surface area contributed by atoms with Gasteiger partial charge in [0.25, 0.3) is 0 Å². The predicted octanol–water partition coefficient (Wildman–Crippen LogP) is 0.266. The van der Waals surface area contributed by atoms with E-state index in [1.807, 2.05) is 0 Å². The number of rotatable bonds is 2. The third-order valence-corrected chi connectivity index (χ3v) is 0.305. The van der Waals surface area contributed by atoms with Gasteiger partial charge >= 0.3 is 0 Å². The lowest BCUT2D eigenvalue weighted by Gasteiger charge is -1.86. The Hall–Kier alpha value is -0.790. The van der Waals surface area contributed by atoms with E-state index in [9.17, 15) is 4.79 Å². The summed E-state index contributed by atoms with van der Waals surface area (Å²) in [5.74, 6) is 0. The summed E-state index contributed by atoms with van der Waals surface area (Å²) >= 11 is 0. The molecule has 0 unspecified atom stereocenters. The number of amides is 1. The summed E-state index contributed by atoms with van der Waals surface area (Å²) in [5, 5.41) is 2.33. The number of allylic oxidation sites excluding steroid dienone is 1. The first-order chi connectivity index (χ1) is 2.77. The molecule has 0 fully saturated rings. The average Bonchev–Trinajstić information content (AvgIpc) is 1.35. The summed E-state index contributed by atoms with van der Waals surface area (Å²) in [4.78, 5) is 9.44. The van der Waals surface area contributed by atoms with Gasteiger partial charge in [0.15, 0.2) is 0 Å². The monoisotopic (exact) mass is 85.1 g/mol. The summed E-state index contributed by atoms with van der Waals surface area (Å²) < 4.78 is 0. The molecule has 1 N–H and O–H groups in total. The third kappa shape index (κ3) is 3.21. The highest BCUT2D eigenvalue weighted by Gasteiger charge is 1.70. The zero-order valence-corrected chi connectivity index (χ0v) is 3.69. The molecule has 0 heterocycles. The molecule has 0 saturated heterocycles. The highest BCUT2D eigenvalue weighted by molar-refractivity contribution is 5.49. The molecular weight excluding hydrogens is 78.0 g/mol. The van der Waals surface area contributed by atoms with E-state index in [-0.39, 0.29) is 0 Å². The van der Waals surface area contributed by atoms with Crippen molar-refractivity contribution >= 4 is 6.41 Å². The second kappa shape index (κ2) is 2.45. The molecule has 0 aliphatic rings. The maximum absolute atomic E-state index is 9.44. The lowest BCUT2D eigenvalue weighted by atomic mass is 10.6. The van der Waals surface area contributed by atoms with Gasteiger partial charge in [0.2, 0.25) is 6.41 Å². The fourth-order valence-corrected chi connectivity index (χ4v) is 0.101. The number of nitrogens with one attached hydrogen (secondary N) is 1. The Bertz CT molecular complexity index is 67.9. The molecule has 0 aromatic carbocycles. The first kappa shape index (κ1) is 5.21. The van der Waals surface area contributed by atoms with Crippen molar-refractivity contribution in [2.75, 3.05) is 0 Å². The average molecular weight is 85.1 g/mol. The van der Waals surface area contributed by atoms with Crippen LogP contribution in [-0.2, 0) is 4.79 Å². The summed E-state index contributed by atoms with van der Waals surface area (Å²) in [7, 11) is 0. The molecule has 2 nitrogen and oxygen atoms in total. The highest BCUT2D eigenvalue weighted by atomic mass is 16.1. The van der Waals surface area contributed by atoms with Crippen molar-refractivity contribution in [1.29, 1.82) is 0 Å². The van der Waals surface area contributed by atoms with Gasteiger partial charge in [-0.05, 0) is 6.92 Å². The lowest BCUT2D eigenvalue weighted by molar-refractivity contribution is -0.108. The molecular formula is C4H7NO. The largest absolute Gasteiger partial charge is 0.333 e. The number of carbonyl (C=O) groups excluding carboxylic acids is 1. The van der Waals surface area contributed by atoms with E-state index in [4.69, 9.17) is 0 Å². The van der Waals surface area contributed by atoms with Crippen LogP contribution in [0.1, 0.15) is 6.92 Å². The molecule has 0 aromatic heterocycles. The molecule has 34 valence electrons. The maximum atomic E-state index is 9.44. The number of carbonyl (C=O) groups is 1. The lowest BCUT2D eigenvalue weighted by Crippen LogP contribution is -2.04. The van der Waals surface area contributed by atoms with Crippen molar-refractivity contribution in [1.82, 2.24) is 5.32 Å². The van der Waals surface area contributed by atoms with Gasteiger partial charge in [-0.15, -0.1) is 0 Å². The first-order valence-corrected chi connectivity index (χ1v) is 1.63. The van der Waals surface area contributed by atoms with Gasteiger partial charge in [-0.3, -0.25) is 4.79 Å². The van der Waals surface area contributed by atoms with Gasteiger partial charge in [0.1, 0.15) is 0 Å². The van der Waals surface area contributed by atoms with Gasteiger partial charge in [0.05, 0.1) is 0 Å². The van der Waals surface area contributed by atoms with Crippen LogP contribution in [0.4, 0.5) is 0 Å². The number of hydrogen-bond acceptors (Lipinski definition) is 1. The molecule has 0 aliphatic carbocycles. The van der Waals surface area contributed by atoms with E-state index in [0.717, 1.165) is 0 Å². The molecule has 0 saturated carbocycles. The van der Waals surface area contributed by atoms with Gasteiger partial charge in [0, 0.05) is 5.70 Å². The van der Waals surface area contributed by atoms with Crippen molar-refractivity contribution < 1.29 is 4.79 Å². The second-order valence-electron chi connectivity index (χ2n) is 1.04. The summed E-state index contributed by atoms with van der Waals surface area (Å²) in [5.41, 5.74) is 0.671. The quantitative estimate of drug-likeness (QED) is 0.479. The van der Waals surface area contributed by atoms with Gasteiger partial charge in [-0.2, -0.15) is 0 Å². The SMILES string of the molecule is C=C(C)NC=O. The Kier molecular flexibility index (Phi) is 2.13. The Morgan fingerprint density at radius 1 is 2.00 bits per heavy atom. The van der Waals surface area contributed by atoms with E-state index in [1.54, 1.807) is 6.92 Å². The van der Waals surface area contributed by atoms with Crippen LogP contribution in [0.25, 0.3) is 0 Å². The fraction of sp³-hybridized carbons (Fsp3) is 0.250. The first-order valence-electron chi connectivity index (χ1n) is 1.63. The Balaban J connectivity index is 3.05. The molecule has 0 bridgehead atoms. The van der Waals surface area contributed by atoms with E-state index in [1.165, 1.54) is 0 Å². The highest BCUT2D eigenvalue weighted by Crippen LogP contribution is 1.69. The fourth-order valence-electron chi connectivity index (χ4n) is 0.101. The van der Waals surface area contributed by atoms with E-state index in [0.29, 0.717) is 12.1 Å². The summed E-state index contributed by atoms with van der Waals surface area (Å²) in [6.45, 7) is 5.12. The maximum Gasteiger partial charge on any atom is 0.211 e. The van der Waals surface area contributed by atoms with Crippen LogP contribution < -0.4 is 5.32 Å². The molecule has 0 aliphatic heterocycles. The van der Waals surface area contributed by atoms with Crippen LogP contribution >= 0.6 is 0 Å². The van der Waals surface area contributed by atoms with Gasteiger partial charge < -0.3 is 5.32 Å². The third-order valence-electron chi connectivity index (χ3n) is 0.305. The molecule has 6 heavy (non-hydrogen) atoms. The minimum absolute atomic E-state index is 0.600. The molecule has 0 radical (unpaired) electrons. The topological polar surface area (TPSA) is 29.1 Å². The van der Waals surface area contributed by atoms with Crippen LogP contribution in [0.5, 0.6) is 0 Å². The standard InChI is InChI=1S/C4H7NO/c1-4(2)5-3-6/h3H,1H2,2H3,(H,5,6). The Labute approximate surface area is 36.9 Å². The Morgan fingerprint density at radius 3 is 2.50 bits per heavy atom. The molecule has 0 rings (SSSR count). The van der Waals surface area contributed by atoms with Crippen molar-refractivity contribution in [3.05, 3.63) is 12.3 Å². The van der Waals surface area contributed by atoms with Crippen molar-refractivity contribution in [2.45, 2.75) is 6.92 Å². The minimum Gasteiger partial charge on any atom is -0.333 e. The van der Waals surface area contributed by atoms with E-state index >= 15 is 0 Å². The van der Waals surface area contributed by atoms with Crippen molar-refractivity contribution in [3.63, 3.8) is 0 Å². The zero-order valence-electron chi connectivity index (χ0n) is 3.69. The van der Waals surface area contributed by atoms with E-state index in [2.05, 4.69) is 11.9 Å². The number of hydrogen-bond donors (Lipinski definition) is 1. The van der Waals surface area contributed by atoms with Gasteiger partial charge in [-0.25, -0.2) is 0 Å². The van der Waals surface area contributed by atoms with Gasteiger partial charge in [-0.1, -0.05) is 6.58 Å². The molecule has 0 spiro atoms. The van der Waals surface area contributed by atoms with Crippen LogP contribution in [0.15, 0.2) is 12.3 Å². The van der Waals surface area contributed by atoms with Crippen LogP contribution in [0, 0.1) is 0 Å². The summed E-state index contributed by atoms with van der Waals surface area (Å²) in [6.07, 6.45) is 0.600. The summed E-state index contributed by atoms with van der Waals surface area (Å²) in [6, 6.07) is 0. The van der Waals surface area contributed by atoms with Crippen molar-refractivity contribution in [2.24, 2.45) is 0 Å².